The van der Waals surface area contributed by atoms with Crippen LogP contribution >= 0.6 is 22.6 Å². The number of phenols is 1. The van der Waals surface area contributed by atoms with Crippen LogP contribution in [-0.4, -0.2) is 35.3 Å². The molecule has 2 fully saturated rings. The molecular formula is C18H17IN2O4. The standard InChI is InChI=1S/C18H17IN2O4/c1-25-13-7-9(6-12(19)16(13)22)8-20-21-17(23)14-10-2-3-11(5-4-10)15(14)18(21)24/h2-3,6-8,10-11,14-15,22H,4-5H2,1H3/b20-8-/t10-,11-,14-,15+/m1/s1. The van der Waals surface area contributed by atoms with Gasteiger partial charge in [0.05, 0.1) is 28.7 Å². The molecule has 5 rings (SSSR count). The molecule has 6 nitrogen and oxygen atoms in total. The van der Waals surface area contributed by atoms with Crippen molar-refractivity contribution in [3.05, 3.63) is 33.4 Å². The molecule has 1 aliphatic heterocycles. The number of benzene rings is 1. The largest absolute Gasteiger partial charge is 0.504 e. The highest BCUT2D eigenvalue weighted by molar-refractivity contribution is 14.1. The fourth-order valence-corrected chi connectivity index (χ4v) is 4.75. The van der Waals surface area contributed by atoms with Gasteiger partial charge in [-0.25, -0.2) is 0 Å². The lowest BCUT2D eigenvalue weighted by Gasteiger charge is -2.37. The lowest BCUT2D eigenvalue weighted by Crippen LogP contribution is -2.38. The van der Waals surface area contributed by atoms with Crippen LogP contribution in [0.15, 0.2) is 29.4 Å². The van der Waals surface area contributed by atoms with Gasteiger partial charge in [-0.1, -0.05) is 12.2 Å². The molecular weight excluding hydrogens is 435 g/mol. The van der Waals surface area contributed by atoms with E-state index in [1.807, 2.05) is 22.6 Å². The van der Waals surface area contributed by atoms with Gasteiger partial charge in [0, 0.05) is 0 Å². The van der Waals surface area contributed by atoms with Crippen molar-refractivity contribution >= 4 is 40.6 Å². The first-order chi connectivity index (χ1) is 12.0. The Morgan fingerprint density at radius 3 is 2.32 bits per heavy atom. The van der Waals surface area contributed by atoms with E-state index in [1.165, 1.54) is 13.3 Å². The number of hydrogen-bond donors (Lipinski definition) is 1. The Kier molecular flexibility index (Phi) is 4.05. The Morgan fingerprint density at radius 1 is 1.20 bits per heavy atom. The van der Waals surface area contributed by atoms with Crippen LogP contribution < -0.4 is 4.74 Å². The molecule has 2 bridgehead atoms. The van der Waals surface area contributed by atoms with E-state index in [4.69, 9.17) is 4.74 Å². The maximum absolute atomic E-state index is 12.7. The zero-order valence-corrected chi connectivity index (χ0v) is 15.7. The van der Waals surface area contributed by atoms with Crippen LogP contribution in [0, 0.1) is 27.2 Å². The fraction of sp³-hybridized carbons (Fsp3) is 0.389. The Labute approximate surface area is 158 Å². The maximum atomic E-state index is 12.7. The predicted molar refractivity (Wildman–Crippen MR) is 99.2 cm³/mol. The van der Waals surface area contributed by atoms with E-state index in [2.05, 4.69) is 17.3 Å². The van der Waals surface area contributed by atoms with Crippen LogP contribution in [0.1, 0.15) is 18.4 Å². The molecule has 1 N–H and O–H groups in total. The molecule has 25 heavy (non-hydrogen) atoms. The van der Waals surface area contributed by atoms with Gasteiger partial charge < -0.3 is 9.84 Å². The zero-order valence-electron chi connectivity index (χ0n) is 13.6. The molecule has 2 amide bonds. The first kappa shape index (κ1) is 16.6. The predicted octanol–water partition coefficient (Wildman–Crippen LogP) is 2.54. The Bertz CT molecular complexity index is 788. The van der Waals surface area contributed by atoms with E-state index >= 15 is 0 Å². The van der Waals surface area contributed by atoms with Gasteiger partial charge in [0.1, 0.15) is 0 Å². The highest BCUT2D eigenvalue weighted by Crippen LogP contribution is 2.49. The number of hydrazone groups is 1. The summed E-state index contributed by atoms with van der Waals surface area (Å²) in [5.41, 5.74) is 0.649. The topological polar surface area (TPSA) is 79.2 Å². The average Bonchev–Trinajstić information content (AvgIpc) is 2.90. The summed E-state index contributed by atoms with van der Waals surface area (Å²) in [4.78, 5) is 25.4. The molecule has 4 atom stereocenters. The number of nitrogens with zero attached hydrogens (tertiary/aromatic N) is 2. The molecule has 0 unspecified atom stereocenters. The summed E-state index contributed by atoms with van der Waals surface area (Å²) in [5.74, 6) is -0.240. The van der Waals surface area contributed by atoms with E-state index in [1.54, 1.807) is 12.1 Å². The van der Waals surface area contributed by atoms with Gasteiger partial charge in [-0.05, 0) is 65.0 Å². The third kappa shape index (κ3) is 2.56. The van der Waals surface area contributed by atoms with Crippen molar-refractivity contribution < 1.29 is 19.4 Å². The molecule has 3 aliphatic carbocycles. The molecule has 1 heterocycles. The maximum Gasteiger partial charge on any atom is 0.254 e. The molecule has 1 saturated heterocycles. The summed E-state index contributed by atoms with van der Waals surface area (Å²) in [6, 6.07) is 3.33. The van der Waals surface area contributed by atoms with Crippen molar-refractivity contribution in [1.29, 1.82) is 0 Å². The number of fused-ring (bicyclic) bond motifs is 1. The number of allylic oxidation sites excluding steroid dienone is 2. The van der Waals surface area contributed by atoms with Gasteiger partial charge in [-0.3, -0.25) is 9.59 Å². The van der Waals surface area contributed by atoms with Crippen molar-refractivity contribution in [2.45, 2.75) is 12.8 Å². The number of methoxy groups -OCH3 is 1. The van der Waals surface area contributed by atoms with Crippen LogP contribution in [0.4, 0.5) is 0 Å². The number of halogens is 1. The fourth-order valence-electron chi connectivity index (χ4n) is 4.12. The number of rotatable bonds is 3. The van der Waals surface area contributed by atoms with Gasteiger partial charge in [0.2, 0.25) is 0 Å². The third-order valence-electron chi connectivity index (χ3n) is 5.33. The number of carbonyl (C=O) groups is 2. The number of ether oxygens (including phenoxy) is 1. The minimum atomic E-state index is -0.261. The second kappa shape index (κ2) is 6.12. The summed E-state index contributed by atoms with van der Waals surface area (Å²) in [7, 11) is 1.47. The van der Waals surface area contributed by atoms with E-state index in [0.717, 1.165) is 17.9 Å². The lowest BCUT2D eigenvalue weighted by molar-refractivity contribution is -0.140. The van der Waals surface area contributed by atoms with Crippen molar-refractivity contribution in [2.75, 3.05) is 7.11 Å². The SMILES string of the molecule is COc1cc(/C=N\N2C(=O)[C@@H]3[C@H](C2=O)[C@@H]2C=C[C@@H]3CC2)cc(I)c1O. The van der Waals surface area contributed by atoms with Gasteiger partial charge in [-0.15, -0.1) is 0 Å². The molecule has 130 valence electrons. The molecule has 0 aromatic heterocycles. The smallest absolute Gasteiger partial charge is 0.254 e. The first-order valence-electron chi connectivity index (χ1n) is 8.18. The highest BCUT2D eigenvalue weighted by atomic mass is 127. The van der Waals surface area contributed by atoms with Crippen molar-refractivity contribution in [2.24, 2.45) is 28.8 Å². The second-order valence-corrected chi connectivity index (χ2v) is 7.79. The normalized spacial score (nSPS) is 30.4. The average molecular weight is 452 g/mol. The monoisotopic (exact) mass is 452 g/mol. The molecule has 1 aromatic rings. The quantitative estimate of drug-likeness (QED) is 0.331. The van der Waals surface area contributed by atoms with E-state index < -0.39 is 0 Å². The van der Waals surface area contributed by atoms with E-state index in [9.17, 15) is 14.7 Å². The van der Waals surface area contributed by atoms with Crippen LogP contribution in [0.25, 0.3) is 0 Å². The first-order valence-corrected chi connectivity index (χ1v) is 9.25. The minimum absolute atomic E-state index is 0.0576. The number of carbonyl (C=O) groups excluding carboxylic acids is 2. The minimum Gasteiger partial charge on any atom is -0.504 e. The summed E-state index contributed by atoms with van der Waals surface area (Å²) in [6.07, 6.45) is 7.56. The molecule has 0 radical (unpaired) electrons. The van der Waals surface area contributed by atoms with Gasteiger partial charge in [0.15, 0.2) is 11.5 Å². The van der Waals surface area contributed by atoms with Crippen LogP contribution in [0.5, 0.6) is 11.5 Å². The summed E-state index contributed by atoms with van der Waals surface area (Å²) in [5, 5.41) is 15.1. The summed E-state index contributed by atoms with van der Waals surface area (Å²) in [6.45, 7) is 0. The van der Waals surface area contributed by atoms with Crippen molar-refractivity contribution in [3.8, 4) is 11.5 Å². The molecule has 0 spiro atoms. The Balaban J connectivity index is 1.62. The van der Waals surface area contributed by atoms with Crippen LogP contribution in [-0.2, 0) is 9.59 Å². The summed E-state index contributed by atoms with van der Waals surface area (Å²) < 4.78 is 5.73. The molecule has 1 aromatic carbocycles. The zero-order chi connectivity index (χ0) is 17.7. The number of hydrogen-bond acceptors (Lipinski definition) is 5. The number of amides is 2. The van der Waals surface area contributed by atoms with Gasteiger partial charge in [0.25, 0.3) is 11.8 Å². The molecule has 1 saturated carbocycles. The van der Waals surface area contributed by atoms with Crippen molar-refractivity contribution in [3.63, 3.8) is 0 Å². The number of aromatic hydroxyl groups is 1. The number of phenolic OH excluding ortho intramolecular Hbond substituents is 1. The molecule has 4 aliphatic rings. The van der Waals surface area contributed by atoms with E-state index in [0.29, 0.717) is 14.9 Å². The highest BCUT2D eigenvalue weighted by Gasteiger charge is 2.56. The summed E-state index contributed by atoms with van der Waals surface area (Å²) >= 11 is 1.99. The van der Waals surface area contributed by atoms with E-state index in [-0.39, 0.29) is 41.2 Å². The Morgan fingerprint density at radius 2 is 1.80 bits per heavy atom. The Hall–Kier alpha value is -1.90. The number of imide groups is 1. The van der Waals surface area contributed by atoms with Crippen molar-refractivity contribution in [1.82, 2.24) is 5.01 Å². The van der Waals surface area contributed by atoms with Crippen LogP contribution in [0.2, 0.25) is 0 Å². The second-order valence-electron chi connectivity index (χ2n) is 6.63. The molecule has 7 heteroatoms. The third-order valence-corrected chi connectivity index (χ3v) is 6.15. The van der Waals surface area contributed by atoms with Gasteiger partial charge >= 0.3 is 0 Å². The van der Waals surface area contributed by atoms with Crippen LogP contribution in [0.3, 0.4) is 0 Å². The lowest BCUT2D eigenvalue weighted by atomic mass is 9.63. The van der Waals surface area contributed by atoms with Gasteiger partial charge in [-0.2, -0.15) is 10.1 Å².